The predicted octanol–water partition coefficient (Wildman–Crippen LogP) is 3.80. The van der Waals surface area contributed by atoms with Gasteiger partial charge in [0, 0.05) is 26.4 Å². The molecule has 0 unspecified atom stereocenters. The van der Waals surface area contributed by atoms with Gasteiger partial charge in [-0.1, -0.05) is 48.5 Å². The van der Waals surface area contributed by atoms with Gasteiger partial charge in [0.1, 0.15) is 5.82 Å². The third-order valence-corrected chi connectivity index (χ3v) is 6.72. The Bertz CT molecular complexity index is 1310. The van der Waals surface area contributed by atoms with Gasteiger partial charge in [-0.3, -0.25) is 19.3 Å². The SMILES string of the molecule is CN(Cc1ccc(F)cc1)C(=O)C[C@]1(c2ccccc2)CC(=O)N(Cc2ccc3c(c2)OCO3)C1=O. The molecule has 0 bridgehead atoms. The standard InChI is InChI=1S/C28H25FN2O5/c1-30(16-19-7-10-22(29)11-8-19)25(32)14-28(21-5-3-2-4-6-21)15-26(33)31(27(28)34)17-20-9-12-23-24(13-20)36-18-35-23/h2-13H,14-18H2,1H3/t28-/m1/s1. The Kier molecular flexibility index (Phi) is 6.18. The van der Waals surface area contributed by atoms with Crippen LogP contribution in [0, 0.1) is 5.82 Å². The fourth-order valence-corrected chi connectivity index (χ4v) is 4.75. The lowest BCUT2D eigenvalue weighted by Crippen LogP contribution is -2.42. The molecule has 8 heteroatoms. The summed E-state index contributed by atoms with van der Waals surface area (Å²) in [4.78, 5) is 43.1. The zero-order chi connectivity index (χ0) is 25.3. The summed E-state index contributed by atoms with van der Waals surface area (Å²) in [5.74, 6) is -0.192. The van der Waals surface area contributed by atoms with E-state index in [1.165, 1.54) is 21.9 Å². The summed E-state index contributed by atoms with van der Waals surface area (Å²) in [6, 6.07) is 20.2. The molecule has 0 saturated carbocycles. The molecule has 7 nitrogen and oxygen atoms in total. The Morgan fingerprint density at radius 3 is 2.42 bits per heavy atom. The van der Waals surface area contributed by atoms with Gasteiger partial charge in [0.25, 0.3) is 0 Å². The fourth-order valence-electron chi connectivity index (χ4n) is 4.75. The number of rotatable bonds is 7. The molecule has 3 amide bonds. The number of hydrogen-bond acceptors (Lipinski definition) is 5. The highest BCUT2D eigenvalue weighted by molar-refractivity contribution is 6.10. The van der Waals surface area contributed by atoms with Crippen LogP contribution in [-0.2, 0) is 32.9 Å². The van der Waals surface area contributed by atoms with Gasteiger partial charge < -0.3 is 14.4 Å². The number of fused-ring (bicyclic) bond motifs is 1. The maximum atomic E-state index is 13.9. The molecule has 0 aromatic heterocycles. The number of benzene rings is 3. The van der Waals surface area contributed by atoms with Crippen LogP contribution in [0.3, 0.4) is 0 Å². The van der Waals surface area contributed by atoms with Crippen molar-refractivity contribution in [1.82, 2.24) is 9.80 Å². The van der Waals surface area contributed by atoms with E-state index < -0.39 is 11.3 Å². The monoisotopic (exact) mass is 488 g/mol. The average Bonchev–Trinajstić information content (AvgIpc) is 3.44. The number of imide groups is 1. The van der Waals surface area contributed by atoms with E-state index in [1.807, 2.05) is 6.07 Å². The highest BCUT2D eigenvalue weighted by Gasteiger charge is 2.53. The van der Waals surface area contributed by atoms with Crippen molar-refractivity contribution in [3.05, 3.63) is 95.3 Å². The lowest BCUT2D eigenvalue weighted by Gasteiger charge is -2.29. The Labute approximate surface area is 208 Å². The van der Waals surface area contributed by atoms with E-state index in [4.69, 9.17) is 9.47 Å². The van der Waals surface area contributed by atoms with E-state index in [0.29, 0.717) is 17.1 Å². The minimum Gasteiger partial charge on any atom is -0.454 e. The van der Waals surface area contributed by atoms with Crippen molar-refractivity contribution in [3.63, 3.8) is 0 Å². The van der Waals surface area contributed by atoms with E-state index in [2.05, 4.69) is 0 Å². The Balaban J connectivity index is 1.40. The molecule has 5 rings (SSSR count). The topological polar surface area (TPSA) is 76.2 Å². The molecule has 2 heterocycles. The quantitative estimate of drug-likeness (QED) is 0.473. The maximum Gasteiger partial charge on any atom is 0.241 e. The summed E-state index contributed by atoms with van der Waals surface area (Å²) < 4.78 is 24.0. The Hall–Kier alpha value is -4.20. The van der Waals surface area contributed by atoms with E-state index in [1.54, 1.807) is 61.6 Å². The first-order valence-corrected chi connectivity index (χ1v) is 11.6. The normalized spacial score (nSPS) is 18.6. The lowest BCUT2D eigenvalue weighted by molar-refractivity contribution is -0.143. The third kappa shape index (κ3) is 4.42. The smallest absolute Gasteiger partial charge is 0.241 e. The molecule has 184 valence electrons. The van der Waals surface area contributed by atoms with Crippen molar-refractivity contribution in [2.45, 2.75) is 31.3 Å². The van der Waals surface area contributed by atoms with Crippen molar-refractivity contribution < 1.29 is 28.2 Å². The number of hydrogen-bond donors (Lipinski definition) is 0. The largest absolute Gasteiger partial charge is 0.454 e. The number of halogens is 1. The van der Waals surface area contributed by atoms with Crippen LogP contribution in [0.25, 0.3) is 0 Å². The van der Waals surface area contributed by atoms with Crippen LogP contribution < -0.4 is 9.47 Å². The number of amides is 3. The van der Waals surface area contributed by atoms with Gasteiger partial charge in [-0.15, -0.1) is 0 Å². The summed E-state index contributed by atoms with van der Waals surface area (Å²) in [6.45, 7) is 0.459. The van der Waals surface area contributed by atoms with Crippen molar-refractivity contribution >= 4 is 17.7 Å². The summed E-state index contributed by atoms with van der Waals surface area (Å²) in [5, 5.41) is 0. The van der Waals surface area contributed by atoms with Crippen molar-refractivity contribution in [2.24, 2.45) is 0 Å². The molecule has 0 aliphatic carbocycles. The first kappa shape index (κ1) is 23.5. The van der Waals surface area contributed by atoms with Crippen LogP contribution in [0.4, 0.5) is 4.39 Å². The molecule has 2 aliphatic heterocycles. The second-order valence-electron chi connectivity index (χ2n) is 9.15. The average molecular weight is 489 g/mol. The van der Waals surface area contributed by atoms with Crippen LogP contribution in [0.1, 0.15) is 29.5 Å². The van der Waals surface area contributed by atoms with Crippen molar-refractivity contribution in [1.29, 1.82) is 0 Å². The number of likely N-dealkylation sites (tertiary alicyclic amines) is 1. The summed E-state index contributed by atoms with van der Waals surface area (Å²) >= 11 is 0. The van der Waals surface area contributed by atoms with Crippen LogP contribution in [-0.4, -0.2) is 41.4 Å². The van der Waals surface area contributed by atoms with Crippen molar-refractivity contribution in [2.75, 3.05) is 13.8 Å². The van der Waals surface area contributed by atoms with Crippen LogP contribution in [0.5, 0.6) is 11.5 Å². The molecule has 1 fully saturated rings. The van der Waals surface area contributed by atoms with Crippen LogP contribution in [0.15, 0.2) is 72.8 Å². The van der Waals surface area contributed by atoms with Crippen LogP contribution in [0.2, 0.25) is 0 Å². The molecule has 0 spiro atoms. The second kappa shape index (κ2) is 9.45. The molecule has 36 heavy (non-hydrogen) atoms. The molecule has 3 aromatic rings. The Morgan fingerprint density at radius 2 is 1.67 bits per heavy atom. The molecule has 2 aliphatic rings. The van der Waals surface area contributed by atoms with Gasteiger partial charge in [-0.2, -0.15) is 0 Å². The minimum absolute atomic E-state index is 0.0719. The number of nitrogens with zero attached hydrogens (tertiary/aromatic N) is 2. The van der Waals surface area contributed by atoms with E-state index in [9.17, 15) is 18.8 Å². The van der Waals surface area contributed by atoms with Crippen molar-refractivity contribution in [3.8, 4) is 11.5 Å². The fraction of sp³-hybridized carbons (Fsp3) is 0.250. The highest BCUT2D eigenvalue weighted by Crippen LogP contribution is 2.41. The molecule has 0 radical (unpaired) electrons. The van der Waals surface area contributed by atoms with Gasteiger partial charge in [0.05, 0.1) is 12.0 Å². The first-order chi connectivity index (χ1) is 17.4. The summed E-state index contributed by atoms with van der Waals surface area (Å²) in [5.41, 5.74) is 0.812. The number of carbonyl (C=O) groups excluding carboxylic acids is 3. The van der Waals surface area contributed by atoms with Gasteiger partial charge in [0.2, 0.25) is 24.5 Å². The van der Waals surface area contributed by atoms with Gasteiger partial charge in [0.15, 0.2) is 11.5 Å². The first-order valence-electron chi connectivity index (χ1n) is 11.6. The summed E-state index contributed by atoms with van der Waals surface area (Å²) in [6.07, 6.45) is -0.257. The molecular weight excluding hydrogens is 463 g/mol. The van der Waals surface area contributed by atoms with Gasteiger partial charge >= 0.3 is 0 Å². The molecule has 0 N–H and O–H groups in total. The second-order valence-corrected chi connectivity index (χ2v) is 9.15. The highest BCUT2D eigenvalue weighted by atomic mass is 19.1. The molecule has 1 saturated heterocycles. The van der Waals surface area contributed by atoms with Gasteiger partial charge in [-0.05, 0) is 41.0 Å². The third-order valence-electron chi connectivity index (χ3n) is 6.72. The number of carbonyl (C=O) groups is 3. The van der Waals surface area contributed by atoms with E-state index in [-0.39, 0.29) is 50.4 Å². The molecular formula is C28H25FN2O5. The predicted molar refractivity (Wildman–Crippen MR) is 128 cm³/mol. The van der Waals surface area contributed by atoms with E-state index >= 15 is 0 Å². The van der Waals surface area contributed by atoms with E-state index in [0.717, 1.165) is 11.1 Å². The summed E-state index contributed by atoms with van der Waals surface area (Å²) in [7, 11) is 1.63. The lowest BCUT2D eigenvalue weighted by atomic mass is 9.75. The maximum absolute atomic E-state index is 13.9. The minimum atomic E-state index is -1.30. The van der Waals surface area contributed by atoms with Gasteiger partial charge in [-0.25, -0.2) is 4.39 Å². The Morgan fingerprint density at radius 1 is 0.972 bits per heavy atom. The zero-order valence-electron chi connectivity index (χ0n) is 19.8. The molecule has 3 aromatic carbocycles. The number of ether oxygens (including phenoxy) is 2. The molecule has 1 atom stereocenters. The van der Waals surface area contributed by atoms with Crippen LogP contribution >= 0.6 is 0 Å². The zero-order valence-corrected chi connectivity index (χ0v) is 19.8.